The molecule has 0 aromatic heterocycles. The number of amides is 1. The van der Waals surface area contributed by atoms with Gasteiger partial charge in [-0.25, -0.2) is 4.79 Å². The van der Waals surface area contributed by atoms with E-state index in [1.165, 1.54) is 12.7 Å². The van der Waals surface area contributed by atoms with Crippen molar-refractivity contribution in [2.75, 3.05) is 13.7 Å². The summed E-state index contributed by atoms with van der Waals surface area (Å²) in [5.74, 6) is -0.516. The van der Waals surface area contributed by atoms with Gasteiger partial charge in [-0.05, 0) is 49.0 Å². The monoisotopic (exact) mass is 464 g/mol. The minimum absolute atomic E-state index is 0.130. The maximum Gasteiger partial charge on any atom is 0.331 e. The molecule has 0 bridgehead atoms. The van der Waals surface area contributed by atoms with E-state index in [0.29, 0.717) is 19.3 Å². The number of rotatable bonds is 7. The molecule has 3 atom stereocenters. The summed E-state index contributed by atoms with van der Waals surface area (Å²) < 4.78 is 10.6. The molecule has 0 saturated carbocycles. The van der Waals surface area contributed by atoms with Crippen molar-refractivity contribution in [3.8, 4) is 5.75 Å². The first-order chi connectivity index (χ1) is 16.5. The fourth-order valence-corrected chi connectivity index (χ4v) is 3.83. The number of benzene rings is 1. The largest absolute Gasteiger partial charge is 0.508 e. The Hall–Kier alpha value is -3.42. The maximum absolute atomic E-state index is 12.7. The molecule has 3 rings (SSSR count). The fraction of sp³-hybridized carbons (Fsp3) is 0.333. The van der Waals surface area contributed by atoms with Crippen molar-refractivity contribution >= 4 is 11.9 Å². The highest BCUT2D eigenvalue weighted by Crippen LogP contribution is 2.26. The smallest absolute Gasteiger partial charge is 0.331 e. The van der Waals surface area contributed by atoms with Gasteiger partial charge in [-0.2, -0.15) is 0 Å². The van der Waals surface area contributed by atoms with E-state index in [1.807, 2.05) is 42.5 Å². The Kier molecular flexibility index (Phi) is 9.43. The van der Waals surface area contributed by atoms with Crippen molar-refractivity contribution in [3.63, 3.8) is 0 Å². The van der Waals surface area contributed by atoms with E-state index < -0.39 is 12.0 Å². The fourth-order valence-electron chi connectivity index (χ4n) is 3.83. The van der Waals surface area contributed by atoms with Gasteiger partial charge in [-0.1, -0.05) is 66.3 Å². The molecule has 3 unspecified atom stereocenters. The third-order valence-electron chi connectivity index (χ3n) is 5.71. The topological polar surface area (TPSA) is 111 Å². The zero-order valence-corrected chi connectivity index (χ0v) is 19.4. The normalized spacial score (nSPS) is 25.8. The number of esters is 1. The van der Waals surface area contributed by atoms with Crippen molar-refractivity contribution in [2.45, 2.75) is 43.9 Å². The number of phenolic OH excluding ortho intramolecular Hbond substituents is 1. The van der Waals surface area contributed by atoms with Crippen molar-refractivity contribution in [2.24, 2.45) is 5.73 Å². The Labute approximate surface area is 200 Å². The quantitative estimate of drug-likeness (QED) is 0.423. The van der Waals surface area contributed by atoms with Crippen LogP contribution in [0.15, 0.2) is 84.0 Å². The van der Waals surface area contributed by atoms with Crippen molar-refractivity contribution in [1.29, 1.82) is 0 Å². The second-order valence-corrected chi connectivity index (χ2v) is 8.23. The number of aromatic hydroxyl groups is 1. The molecule has 1 aromatic carbocycles. The summed E-state index contributed by atoms with van der Waals surface area (Å²) >= 11 is 0. The Bertz CT molecular complexity index is 1000. The molecule has 1 amide bonds. The molecular weight excluding hydrogens is 432 g/mol. The van der Waals surface area contributed by atoms with Crippen LogP contribution in [-0.2, 0) is 25.5 Å². The van der Waals surface area contributed by atoms with E-state index in [-0.39, 0.29) is 30.4 Å². The minimum Gasteiger partial charge on any atom is -0.508 e. The van der Waals surface area contributed by atoms with Gasteiger partial charge in [0.05, 0.1) is 25.3 Å². The zero-order valence-electron chi connectivity index (χ0n) is 19.4. The molecule has 4 N–H and O–H groups in total. The first-order valence-corrected chi connectivity index (χ1v) is 11.4. The molecule has 2 aliphatic rings. The van der Waals surface area contributed by atoms with Crippen LogP contribution < -0.4 is 11.1 Å². The predicted octanol–water partition coefficient (Wildman–Crippen LogP) is 3.02. The lowest BCUT2D eigenvalue weighted by molar-refractivity contribution is -0.147. The number of ether oxygens (including phenoxy) is 2. The third kappa shape index (κ3) is 7.57. The van der Waals surface area contributed by atoms with E-state index in [2.05, 4.69) is 11.4 Å². The number of methoxy groups -OCH3 is 1. The third-order valence-corrected chi connectivity index (χ3v) is 5.71. The molecule has 34 heavy (non-hydrogen) atoms. The Morgan fingerprint density at radius 3 is 2.62 bits per heavy atom. The Morgan fingerprint density at radius 2 is 1.85 bits per heavy atom. The summed E-state index contributed by atoms with van der Waals surface area (Å²) in [6, 6.07) is 5.61. The Morgan fingerprint density at radius 1 is 1.12 bits per heavy atom. The molecular formula is C27H32N2O5. The van der Waals surface area contributed by atoms with Crippen LogP contribution >= 0.6 is 0 Å². The average molecular weight is 465 g/mol. The van der Waals surface area contributed by atoms with Crippen LogP contribution in [0.4, 0.5) is 0 Å². The summed E-state index contributed by atoms with van der Waals surface area (Å²) in [5, 5.41) is 12.4. The van der Waals surface area contributed by atoms with Crippen LogP contribution in [0.5, 0.6) is 5.75 Å². The number of allylic oxidation sites excluding steroid dienone is 5. The van der Waals surface area contributed by atoms with Crippen LogP contribution in [0.2, 0.25) is 0 Å². The highest BCUT2D eigenvalue weighted by Gasteiger charge is 2.21. The van der Waals surface area contributed by atoms with E-state index in [1.54, 1.807) is 24.3 Å². The van der Waals surface area contributed by atoms with Gasteiger partial charge in [0.2, 0.25) is 5.91 Å². The molecule has 0 fully saturated rings. The molecule has 0 spiro atoms. The van der Waals surface area contributed by atoms with E-state index in [4.69, 9.17) is 15.2 Å². The first kappa shape index (κ1) is 25.2. The van der Waals surface area contributed by atoms with Crippen molar-refractivity contribution in [1.82, 2.24) is 5.32 Å². The van der Waals surface area contributed by atoms with Gasteiger partial charge < -0.3 is 25.6 Å². The van der Waals surface area contributed by atoms with Gasteiger partial charge in [-0.15, -0.1) is 0 Å². The SMILES string of the molecule is COC(=O)COC1C/C=C\C=C/C/C2=C\1C=CC(NC(=O)C(N)Cc1ccc(O)cc1)/C=C\C2. The van der Waals surface area contributed by atoms with Gasteiger partial charge in [0, 0.05) is 0 Å². The minimum atomic E-state index is -0.720. The molecule has 2 aliphatic carbocycles. The number of nitrogens with two attached hydrogens (primary N) is 1. The number of carbonyl (C=O) groups is 2. The van der Waals surface area contributed by atoms with Crippen LogP contribution in [-0.4, -0.2) is 48.9 Å². The van der Waals surface area contributed by atoms with E-state index >= 15 is 0 Å². The highest BCUT2D eigenvalue weighted by molar-refractivity contribution is 5.82. The number of phenols is 1. The van der Waals surface area contributed by atoms with Gasteiger partial charge in [0.15, 0.2) is 0 Å². The molecule has 180 valence electrons. The van der Waals surface area contributed by atoms with Gasteiger partial charge in [0.1, 0.15) is 12.4 Å². The summed E-state index contributed by atoms with van der Waals surface area (Å²) in [6.45, 7) is -0.130. The van der Waals surface area contributed by atoms with Gasteiger partial charge in [0.25, 0.3) is 0 Å². The number of carbonyl (C=O) groups excluding carboxylic acids is 2. The Balaban J connectivity index is 1.71. The number of hydrogen-bond donors (Lipinski definition) is 3. The van der Waals surface area contributed by atoms with Crippen LogP contribution in [0, 0.1) is 0 Å². The van der Waals surface area contributed by atoms with E-state index in [9.17, 15) is 14.7 Å². The lowest BCUT2D eigenvalue weighted by atomic mass is 9.93. The van der Waals surface area contributed by atoms with Crippen LogP contribution in [0.3, 0.4) is 0 Å². The summed E-state index contributed by atoms with van der Waals surface area (Å²) in [7, 11) is 1.34. The zero-order chi connectivity index (χ0) is 24.3. The summed E-state index contributed by atoms with van der Waals surface area (Å²) in [4.78, 5) is 24.4. The first-order valence-electron chi connectivity index (χ1n) is 11.4. The maximum atomic E-state index is 12.7. The predicted molar refractivity (Wildman–Crippen MR) is 131 cm³/mol. The standard InChI is InChI=1S/C27H32N2O5/c1-33-26(31)18-34-25-10-5-3-2-4-7-20-8-6-9-21(13-16-23(20)25)29-27(32)24(28)17-19-11-14-22(30)15-12-19/h2-6,9,11-16,21,24-25,30H,7-8,10,17-18,28H2,1H3,(H,29,32)/b4-2-,5-3-,9-6-,16-13?,23-20+. The molecule has 0 heterocycles. The number of hydrogen-bond acceptors (Lipinski definition) is 6. The summed E-state index contributed by atoms with van der Waals surface area (Å²) in [5.41, 5.74) is 9.19. The van der Waals surface area contributed by atoms with Gasteiger partial charge >= 0.3 is 5.97 Å². The molecule has 7 nitrogen and oxygen atoms in total. The van der Waals surface area contributed by atoms with Crippen LogP contribution in [0.25, 0.3) is 0 Å². The van der Waals surface area contributed by atoms with E-state index in [0.717, 1.165) is 17.6 Å². The van der Waals surface area contributed by atoms with Crippen molar-refractivity contribution < 1.29 is 24.2 Å². The van der Waals surface area contributed by atoms with Crippen molar-refractivity contribution in [3.05, 3.63) is 89.6 Å². The number of nitrogens with one attached hydrogen (secondary N) is 1. The lowest BCUT2D eigenvalue weighted by Crippen LogP contribution is -2.45. The molecule has 0 saturated heterocycles. The second kappa shape index (κ2) is 12.7. The van der Waals surface area contributed by atoms with Gasteiger partial charge in [-0.3, -0.25) is 4.79 Å². The summed E-state index contributed by atoms with van der Waals surface area (Å²) in [6.07, 6.45) is 18.1. The molecule has 7 heteroatoms. The molecule has 0 aliphatic heterocycles. The van der Waals surface area contributed by atoms with Crippen LogP contribution in [0.1, 0.15) is 24.8 Å². The average Bonchev–Trinajstić information content (AvgIpc) is 2.91. The molecule has 1 aromatic rings. The lowest BCUT2D eigenvalue weighted by Gasteiger charge is -2.23. The highest BCUT2D eigenvalue weighted by atomic mass is 16.6. The molecule has 0 radical (unpaired) electrons. The second-order valence-electron chi connectivity index (χ2n) is 8.23.